The largest absolute Gasteiger partial charge is 0.478 e. The predicted molar refractivity (Wildman–Crippen MR) is 59.7 cm³/mol. The van der Waals surface area contributed by atoms with Crippen molar-refractivity contribution in [3.8, 4) is 0 Å². The number of hydrogen-bond acceptors (Lipinski definition) is 3. The molecule has 0 unspecified atom stereocenters. The number of H-pyrrole nitrogens is 1. The lowest BCUT2D eigenvalue weighted by Gasteiger charge is -2.05. The second kappa shape index (κ2) is 3.59. The molecule has 2 aromatic heterocycles. The molecule has 84 valence electrons. The van der Waals surface area contributed by atoms with Crippen molar-refractivity contribution < 1.29 is 9.90 Å². The van der Waals surface area contributed by atoms with E-state index in [9.17, 15) is 4.79 Å². The van der Waals surface area contributed by atoms with Gasteiger partial charge in [0.2, 0.25) is 0 Å². The van der Waals surface area contributed by atoms with Crippen LogP contribution in [0.2, 0.25) is 0 Å². The van der Waals surface area contributed by atoms with Gasteiger partial charge in [-0.15, -0.1) is 0 Å². The Bertz CT molecular complexity index is 558. The molecular formula is C11H13N3O2. The van der Waals surface area contributed by atoms with Crippen LogP contribution in [0.3, 0.4) is 0 Å². The Morgan fingerprint density at radius 2 is 2.12 bits per heavy atom. The fourth-order valence-corrected chi connectivity index (χ4v) is 1.66. The third-order valence-corrected chi connectivity index (χ3v) is 2.48. The molecule has 2 N–H and O–H groups in total. The Labute approximate surface area is 92.5 Å². The van der Waals surface area contributed by atoms with Crippen molar-refractivity contribution in [2.75, 3.05) is 0 Å². The SMILES string of the molecule is Cc1nc(C(C)C)nc2[nH]cc(C(=O)O)c12. The van der Waals surface area contributed by atoms with E-state index in [2.05, 4.69) is 15.0 Å². The van der Waals surface area contributed by atoms with Gasteiger partial charge in [0, 0.05) is 12.1 Å². The normalized spacial score (nSPS) is 11.2. The van der Waals surface area contributed by atoms with Crippen LogP contribution in [-0.4, -0.2) is 26.0 Å². The maximum absolute atomic E-state index is 11.0. The number of aromatic carboxylic acids is 1. The molecule has 0 spiro atoms. The lowest BCUT2D eigenvalue weighted by Crippen LogP contribution is -2.02. The van der Waals surface area contributed by atoms with Crippen molar-refractivity contribution in [2.45, 2.75) is 26.7 Å². The molecule has 16 heavy (non-hydrogen) atoms. The summed E-state index contributed by atoms with van der Waals surface area (Å²) in [6, 6.07) is 0. The highest BCUT2D eigenvalue weighted by atomic mass is 16.4. The van der Waals surface area contributed by atoms with Gasteiger partial charge in [-0.2, -0.15) is 0 Å². The number of aromatic amines is 1. The lowest BCUT2D eigenvalue weighted by molar-refractivity contribution is 0.0699. The highest BCUT2D eigenvalue weighted by molar-refractivity contribution is 6.03. The van der Waals surface area contributed by atoms with Crippen molar-refractivity contribution in [3.63, 3.8) is 0 Å². The molecule has 5 heteroatoms. The number of hydrogen-bond donors (Lipinski definition) is 2. The summed E-state index contributed by atoms with van der Waals surface area (Å²) in [5.41, 5.74) is 1.52. The van der Waals surface area contributed by atoms with Crippen LogP contribution < -0.4 is 0 Å². The quantitative estimate of drug-likeness (QED) is 0.810. The van der Waals surface area contributed by atoms with Crippen LogP contribution in [-0.2, 0) is 0 Å². The summed E-state index contributed by atoms with van der Waals surface area (Å²) in [4.78, 5) is 22.5. The van der Waals surface area contributed by atoms with Crippen molar-refractivity contribution in [1.82, 2.24) is 15.0 Å². The Kier molecular flexibility index (Phi) is 2.38. The van der Waals surface area contributed by atoms with E-state index < -0.39 is 5.97 Å². The predicted octanol–water partition coefficient (Wildman–Crippen LogP) is 2.09. The number of aryl methyl sites for hydroxylation is 1. The highest BCUT2D eigenvalue weighted by Gasteiger charge is 2.16. The van der Waals surface area contributed by atoms with E-state index in [1.807, 2.05) is 13.8 Å². The first-order valence-corrected chi connectivity index (χ1v) is 5.09. The van der Waals surface area contributed by atoms with Crippen molar-refractivity contribution in [3.05, 3.63) is 23.3 Å². The van der Waals surface area contributed by atoms with E-state index in [1.54, 1.807) is 6.92 Å². The molecule has 0 atom stereocenters. The van der Waals surface area contributed by atoms with Crippen LogP contribution in [0.25, 0.3) is 11.0 Å². The Balaban J connectivity index is 2.73. The standard InChI is InChI=1S/C11H13N3O2/c1-5(2)9-13-6(3)8-7(11(15)16)4-12-10(8)14-9/h4-5H,1-3H3,(H,15,16)(H,12,13,14). The van der Waals surface area contributed by atoms with E-state index in [-0.39, 0.29) is 11.5 Å². The highest BCUT2D eigenvalue weighted by Crippen LogP contribution is 2.21. The van der Waals surface area contributed by atoms with E-state index in [1.165, 1.54) is 6.20 Å². The minimum Gasteiger partial charge on any atom is -0.478 e. The van der Waals surface area contributed by atoms with Crippen molar-refractivity contribution >= 4 is 17.0 Å². The fraction of sp³-hybridized carbons (Fsp3) is 0.364. The molecule has 0 amide bonds. The van der Waals surface area contributed by atoms with Gasteiger partial charge in [0.05, 0.1) is 16.6 Å². The van der Waals surface area contributed by atoms with Gasteiger partial charge < -0.3 is 10.1 Å². The number of aromatic nitrogens is 3. The van der Waals surface area contributed by atoms with Crippen LogP contribution in [0, 0.1) is 6.92 Å². The van der Waals surface area contributed by atoms with Crippen LogP contribution in [0.5, 0.6) is 0 Å². The number of carboxylic acids is 1. The van der Waals surface area contributed by atoms with E-state index in [0.29, 0.717) is 16.7 Å². The molecule has 0 aliphatic heterocycles. The zero-order valence-corrected chi connectivity index (χ0v) is 9.40. The van der Waals surface area contributed by atoms with E-state index in [0.717, 1.165) is 5.82 Å². The summed E-state index contributed by atoms with van der Waals surface area (Å²) in [6.45, 7) is 5.81. The molecule has 2 aromatic rings. The third kappa shape index (κ3) is 1.54. The zero-order valence-electron chi connectivity index (χ0n) is 9.40. The molecule has 0 saturated heterocycles. The van der Waals surface area contributed by atoms with E-state index >= 15 is 0 Å². The van der Waals surface area contributed by atoms with Gasteiger partial charge in [-0.05, 0) is 6.92 Å². The summed E-state index contributed by atoms with van der Waals surface area (Å²) in [6.07, 6.45) is 1.46. The van der Waals surface area contributed by atoms with Crippen molar-refractivity contribution in [1.29, 1.82) is 0 Å². The molecule has 0 aromatic carbocycles. The Morgan fingerprint density at radius 3 is 2.69 bits per heavy atom. The maximum Gasteiger partial charge on any atom is 0.338 e. The first-order valence-electron chi connectivity index (χ1n) is 5.09. The smallest absolute Gasteiger partial charge is 0.338 e. The fourth-order valence-electron chi connectivity index (χ4n) is 1.66. The molecule has 0 radical (unpaired) electrons. The minimum atomic E-state index is -0.963. The van der Waals surface area contributed by atoms with Gasteiger partial charge >= 0.3 is 5.97 Å². The first-order chi connectivity index (χ1) is 7.50. The number of nitrogens with zero attached hydrogens (tertiary/aromatic N) is 2. The summed E-state index contributed by atoms with van der Waals surface area (Å²) in [5, 5.41) is 9.59. The van der Waals surface area contributed by atoms with Gasteiger partial charge in [-0.25, -0.2) is 14.8 Å². The van der Waals surface area contributed by atoms with Crippen molar-refractivity contribution in [2.24, 2.45) is 0 Å². The van der Waals surface area contributed by atoms with Gasteiger partial charge in [-0.3, -0.25) is 0 Å². The van der Waals surface area contributed by atoms with Gasteiger partial charge in [-0.1, -0.05) is 13.8 Å². The molecule has 0 fully saturated rings. The molecule has 5 nitrogen and oxygen atoms in total. The summed E-state index contributed by atoms with van der Waals surface area (Å²) in [5.74, 6) is -0.0151. The number of fused-ring (bicyclic) bond motifs is 1. The molecule has 2 rings (SSSR count). The molecule has 2 heterocycles. The Hall–Kier alpha value is -1.91. The minimum absolute atomic E-state index is 0.222. The van der Waals surface area contributed by atoms with Crippen LogP contribution in [0.15, 0.2) is 6.20 Å². The van der Waals surface area contributed by atoms with Crippen LogP contribution >= 0.6 is 0 Å². The van der Waals surface area contributed by atoms with Gasteiger partial charge in [0.15, 0.2) is 0 Å². The second-order valence-corrected chi connectivity index (χ2v) is 4.05. The molecule has 0 aliphatic rings. The maximum atomic E-state index is 11.0. The average Bonchev–Trinajstić information content (AvgIpc) is 2.61. The Morgan fingerprint density at radius 1 is 1.44 bits per heavy atom. The van der Waals surface area contributed by atoms with Gasteiger partial charge in [0.25, 0.3) is 0 Å². The van der Waals surface area contributed by atoms with Crippen LogP contribution in [0.1, 0.15) is 41.6 Å². The lowest BCUT2D eigenvalue weighted by atomic mass is 10.1. The molecular weight excluding hydrogens is 206 g/mol. The van der Waals surface area contributed by atoms with E-state index in [4.69, 9.17) is 5.11 Å². The third-order valence-electron chi connectivity index (χ3n) is 2.48. The zero-order chi connectivity index (χ0) is 11.9. The number of carboxylic acid groups (broad SMARTS) is 1. The summed E-state index contributed by atoms with van der Waals surface area (Å²) >= 11 is 0. The van der Waals surface area contributed by atoms with Crippen LogP contribution in [0.4, 0.5) is 0 Å². The number of rotatable bonds is 2. The summed E-state index contributed by atoms with van der Waals surface area (Å²) in [7, 11) is 0. The summed E-state index contributed by atoms with van der Waals surface area (Å²) < 4.78 is 0. The van der Waals surface area contributed by atoms with Gasteiger partial charge in [0.1, 0.15) is 11.5 Å². The molecule has 0 saturated carbocycles. The topological polar surface area (TPSA) is 78.9 Å². The number of nitrogens with one attached hydrogen (secondary N) is 1. The molecule has 0 bridgehead atoms. The molecule has 0 aliphatic carbocycles. The second-order valence-electron chi connectivity index (χ2n) is 4.05. The average molecular weight is 219 g/mol. The monoisotopic (exact) mass is 219 g/mol. The first kappa shape index (κ1) is 10.6. The number of carbonyl (C=O) groups is 1.